The SMILES string of the molecule is CC(C)(C)NC(=O)C1CCN(Cc2cccc(NC(=O)c3ccccc3C(F)(F)F)c2)CC1. The van der Waals surface area contributed by atoms with E-state index in [1.807, 2.05) is 26.8 Å². The highest BCUT2D eigenvalue weighted by Gasteiger charge is 2.35. The van der Waals surface area contributed by atoms with Gasteiger partial charge in [-0.2, -0.15) is 13.2 Å². The van der Waals surface area contributed by atoms with Crippen LogP contribution in [-0.4, -0.2) is 35.3 Å². The normalized spacial score (nSPS) is 15.8. The van der Waals surface area contributed by atoms with E-state index in [-0.39, 0.29) is 17.4 Å². The molecule has 0 aromatic heterocycles. The lowest BCUT2D eigenvalue weighted by atomic mass is 9.94. The molecule has 2 amide bonds. The Morgan fingerprint density at radius 2 is 1.67 bits per heavy atom. The van der Waals surface area contributed by atoms with Gasteiger partial charge in [0, 0.05) is 23.7 Å². The molecule has 8 heteroatoms. The third kappa shape index (κ3) is 7.05. The van der Waals surface area contributed by atoms with Crippen molar-refractivity contribution in [2.45, 2.75) is 51.9 Å². The van der Waals surface area contributed by atoms with Crippen LogP contribution in [0, 0.1) is 5.92 Å². The Kier molecular flexibility index (Phi) is 7.47. The lowest BCUT2D eigenvalue weighted by Crippen LogP contribution is -2.46. The van der Waals surface area contributed by atoms with Crippen molar-refractivity contribution in [2.24, 2.45) is 5.92 Å². The zero-order chi connectivity index (χ0) is 24.2. The molecule has 1 aliphatic heterocycles. The predicted octanol–water partition coefficient (Wildman–Crippen LogP) is 5.08. The first-order chi connectivity index (χ1) is 15.4. The van der Waals surface area contributed by atoms with Gasteiger partial charge in [0.15, 0.2) is 0 Å². The van der Waals surface area contributed by atoms with Crippen molar-refractivity contribution in [2.75, 3.05) is 18.4 Å². The van der Waals surface area contributed by atoms with Gasteiger partial charge in [0.2, 0.25) is 5.91 Å². The first-order valence-corrected chi connectivity index (χ1v) is 11.0. The van der Waals surface area contributed by atoms with Crippen LogP contribution in [0.15, 0.2) is 48.5 Å². The van der Waals surface area contributed by atoms with Crippen LogP contribution in [0.1, 0.15) is 55.1 Å². The van der Waals surface area contributed by atoms with E-state index in [1.165, 1.54) is 18.2 Å². The topological polar surface area (TPSA) is 61.4 Å². The molecule has 0 atom stereocenters. The summed E-state index contributed by atoms with van der Waals surface area (Å²) < 4.78 is 39.7. The van der Waals surface area contributed by atoms with Gasteiger partial charge in [-0.15, -0.1) is 0 Å². The van der Waals surface area contributed by atoms with E-state index < -0.39 is 23.2 Å². The summed E-state index contributed by atoms with van der Waals surface area (Å²) in [4.78, 5) is 27.1. The molecular formula is C25H30F3N3O2. The van der Waals surface area contributed by atoms with E-state index in [9.17, 15) is 22.8 Å². The predicted molar refractivity (Wildman–Crippen MR) is 122 cm³/mol. The number of halogens is 3. The first kappa shape index (κ1) is 24.8. The number of likely N-dealkylation sites (tertiary alicyclic amines) is 1. The molecule has 0 unspecified atom stereocenters. The van der Waals surface area contributed by atoms with Crippen molar-refractivity contribution < 1.29 is 22.8 Å². The summed E-state index contributed by atoms with van der Waals surface area (Å²) in [6, 6.07) is 11.8. The molecule has 0 spiro atoms. The number of hydrogen-bond acceptors (Lipinski definition) is 3. The van der Waals surface area contributed by atoms with E-state index in [0.717, 1.165) is 37.6 Å². The summed E-state index contributed by atoms with van der Waals surface area (Å²) in [6.07, 6.45) is -3.06. The molecule has 0 radical (unpaired) electrons. The van der Waals surface area contributed by atoms with Crippen molar-refractivity contribution in [3.8, 4) is 0 Å². The number of nitrogens with zero attached hydrogens (tertiary/aromatic N) is 1. The fourth-order valence-corrected chi connectivity index (χ4v) is 3.96. The average molecular weight is 462 g/mol. The Morgan fingerprint density at radius 3 is 2.30 bits per heavy atom. The highest BCUT2D eigenvalue weighted by Crippen LogP contribution is 2.32. The van der Waals surface area contributed by atoms with Gasteiger partial charge in [0.05, 0.1) is 11.1 Å². The van der Waals surface area contributed by atoms with Crippen LogP contribution in [0.2, 0.25) is 0 Å². The molecule has 3 rings (SSSR count). The lowest BCUT2D eigenvalue weighted by Gasteiger charge is -2.33. The van der Waals surface area contributed by atoms with Gasteiger partial charge in [-0.05, 0) is 76.5 Å². The van der Waals surface area contributed by atoms with Crippen LogP contribution in [0.4, 0.5) is 18.9 Å². The highest BCUT2D eigenvalue weighted by atomic mass is 19.4. The largest absolute Gasteiger partial charge is 0.417 e. The number of nitrogens with one attached hydrogen (secondary N) is 2. The number of alkyl halides is 3. The smallest absolute Gasteiger partial charge is 0.351 e. The minimum atomic E-state index is -4.61. The molecule has 178 valence electrons. The fourth-order valence-electron chi connectivity index (χ4n) is 3.96. The van der Waals surface area contributed by atoms with Crippen LogP contribution in [0.3, 0.4) is 0 Å². The molecule has 33 heavy (non-hydrogen) atoms. The van der Waals surface area contributed by atoms with Crippen LogP contribution in [0.25, 0.3) is 0 Å². The quantitative estimate of drug-likeness (QED) is 0.653. The summed E-state index contributed by atoms with van der Waals surface area (Å²) >= 11 is 0. The third-order valence-corrected chi connectivity index (χ3v) is 5.52. The van der Waals surface area contributed by atoms with Crippen LogP contribution in [-0.2, 0) is 17.5 Å². The Hall–Kier alpha value is -2.87. The monoisotopic (exact) mass is 461 g/mol. The molecule has 1 aliphatic rings. The van der Waals surface area contributed by atoms with Crippen molar-refractivity contribution in [1.29, 1.82) is 0 Å². The van der Waals surface area contributed by atoms with E-state index in [2.05, 4.69) is 15.5 Å². The number of rotatable bonds is 5. The Morgan fingerprint density at radius 1 is 1.00 bits per heavy atom. The highest BCUT2D eigenvalue weighted by molar-refractivity contribution is 6.05. The van der Waals surface area contributed by atoms with Gasteiger partial charge >= 0.3 is 6.18 Å². The molecule has 2 aromatic rings. The molecule has 1 saturated heterocycles. The maximum Gasteiger partial charge on any atom is 0.417 e. The van der Waals surface area contributed by atoms with E-state index in [0.29, 0.717) is 12.2 Å². The van der Waals surface area contributed by atoms with Crippen LogP contribution < -0.4 is 10.6 Å². The minimum absolute atomic E-state index is 0.000187. The summed E-state index contributed by atoms with van der Waals surface area (Å²) in [7, 11) is 0. The molecular weight excluding hydrogens is 431 g/mol. The summed E-state index contributed by atoms with van der Waals surface area (Å²) in [5, 5.41) is 5.62. The number of benzene rings is 2. The van der Waals surface area contributed by atoms with Gasteiger partial charge in [0.1, 0.15) is 0 Å². The third-order valence-electron chi connectivity index (χ3n) is 5.52. The van der Waals surface area contributed by atoms with E-state index in [4.69, 9.17) is 0 Å². The number of carbonyl (C=O) groups is 2. The summed E-state index contributed by atoms with van der Waals surface area (Å²) in [5.41, 5.74) is -0.244. The number of hydrogen-bond donors (Lipinski definition) is 2. The summed E-state index contributed by atoms with van der Waals surface area (Å²) in [6.45, 7) is 8.08. The Labute approximate surface area is 192 Å². The Bertz CT molecular complexity index is 991. The van der Waals surface area contributed by atoms with Gasteiger partial charge in [0.25, 0.3) is 5.91 Å². The van der Waals surface area contributed by atoms with Crippen LogP contribution >= 0.6 is 0 Å². The maximum absolute atomic E-state index is 13.2. The number of piperidine rings is 1. The first-order valence-electron chi connectivity index (χ1n) is 11.0. The number of amides is 2. The van der Waals surface area contributed by atoms with Crippen molar-refractivity contribution in [3.63, 3.8) is 0 Å². The number of anilines is 1. The second-order valence-electron chi connectivity index (χ2n) is 9.49. The molecule has 0 bridgehead atoms. The zero-order valence-corrected chi connectivity index (χ0v) is 19.1. The fraction of sp³-hybridized carbons (Fsp3) is 0.440. The number of carbonyl (C=O) groups excluding carboxylic acids is 2. The molecule has 2 aromatic carbocycles. The van der Waals surface area contributed by atoms with E-state index in [1.54, 1.807) is 18.2 Å². The molecule has 2 N–H and O–H groups in total. The molecule has 0 aliphatic carbocycles. The Balaban J connectivity index is 1.59. The van der Waals surface area contributed by atoms with Crippen LogP contribution in [0.5, 0.6) is 0 Å². The van der Waals surface area contributed by atoms with Crippen molar-refractivity contribution in [1.82, 2.24) is 10.2 Å². The maximum atomic E-state index is 13.2. The molecule has 1 fully saturated rings. The standard InChI is InChI=1S/C25H30F3N3O2/c1-24(2,3)30-22(32)18-11-13-31(14-12-18)16-17-7-6-8-19(15-17)29-23(33)20-9-4-5-10-21(20)25(26,27)28/h4-10,15,18H,11-14,16H2,1-3H3,(H,29,33)(H,30,32). The molecule has 1 heterocycles. The van der Waals surface area contributed by atoms with Crippen molar-refractivity contribution >= 4 is 17.5 Å². The summed E-state index contributed by atoms with van der Waals surface area (Å²) in [5.74, 6) is -0.712. The van der Waals surface area contributed by atoms with E-state index >= 15 is 0 Å². The molecule has 0 saturated carbocycles. The average Bonchev–Trinajstić information content (AvgIpc) is 2.72. The van der Waals surface area contributed by atoms with Gasteiger partial charge in [-0.3, -0.25) is 14.5 Å². The van der Waals surface area contributed by atoms with Gasteiger partial charge in [-0.1, -0.05) is 24.3 Å². The van der Waals surface area contributed by atoms with Crippen molar-refractivity contribution in [3.05, 3.63) is 65.2 Å². The van der Waals surface area contributed by atoms with Gasteiger partial charge in [-0.25, -0.2) is 0 Å². The second-order valence-corrected chi connectivity index (χ2v) is 9.49. The van der Waals surface area contributed by atoms with Gasteiger partial charge < -0.3 is 10.6 Å². The minimum Gasteiger partial charge on any atom is -0.351 e. The molecule has 5 nitrogen and oxygen atoms in total. The lowest BCUT2D eigenvalue weighted by molar-refractivity contribution is -0.138. The second kappa shape index (κ2) is 9.95. The zero-order valence-electron chi connectivity index (χ0n) is 19.1.